The molecule has 1 aromatic heterocycles. The summed E-state index contributed by atoms with van der Waals surface area (Å²) >= 11 is 0. The number of hydrogen-bond acceptors (Lipinski definition) is 5. The Morgan fingerprint density at radius 2 is 1.97 bits per heavy atom. The lowest BCUT2D eigenvalue weighted by Crippen LogP contribution is -2.41. The first-order valence-corrected chi connectivity index (χ1v) is 11.1. The first-order valence-electron chi connectivity index (χ1n) is 9.64. The fourth-order valence-electron chi connectivity index (χ4n) is 3.74. The fraction of sp³-hybridized carbons (Fsp3) is 0.333. The van der Waals surface area contributed by atoms with Gasteiger partial charge in [-0.2, -0.15) is 0 Å². The third-order valence-electron chi connectivity index (χ3n) is 5.31. The summed E-state index contributed by atoms with van der Waals surface area (Å²) in [4.78, 5) is 10.8. The van der Waals surface area contributed by atoms with Crippen LogP contribution in [0, 0.1) is 18.7 Å². The van der Waals surface area contributed by atoms with Crippen molar-refractivity contribution in [2.45, 2.75) is 24.7 Å². The van der Waals surface area contributed by atoms with E-state index in [1.807, 2.05) is 13.0 Å². The smallest absolute Gasteiger partial charge is 0.240 e. The minimum absolute atomic E-state index is 0.141. The number of fused-ring (bicyclic) bond motifs is 1. The standard InChI is InChI=1S/C21H23FN4O2S/c1-15-7-9-17(10-8-15)29(27,28)25-12-16-4-3-11-26(13-16)21-18-5-2-6-19(22)20(18)23-14-24-21/h2,5-10,14,16,25H,3-4,11-13H2,1H3. The summed E-state index contributed by atoms with van der Waals surface area (Å²) in [5, 5.41) is 0.674. The zero-order valence-corrected chi connectivity index (χ0v) is 17.0. The lowest BCUT2D eigenvalue weighted by Gasteiger charge is -2.34. The maximum absolute atomic E-state index is 14.1. The molecule has 1 atom stereocenters. The number of hydrogen-bond donors (Lipinski definition) is 1. The van der Waals surface area contributed by atoms with Gasteiger partial charge in [-0.1, -0.05) is 23.8 Å². The van der Waals surface area contributed by atoms with Crippen molar-refractivity contribution in [3.05, 3.63) is 60.2 Å². The normalized spacial score (nSPS) is 17.6. The van der Waals surface area contributed by atoms with Crippen LogP contribution in [0.1, 0.15) is 18.4 Å². The zero-order chi connectivity index (χ0) is 20.4. The van der Waals surface area contributed by atoms with Gasteiger partial charge < -0.3 is 4.90 Å². The van der Waals surface area contributed by atoms with Gasteiger partial charge in [-0.05, 0) is 49.9 Å². The van der Waals surface area contributed by atoms with Crippen LogP contribution in [0.3, 0.4) is 0 Å². The summed E-state index contributed by atoms with van der Waals surface area (Å²) in [5.41, 5.74) is 1.32. The molecule has 8 heteroatoms. The number of rotatable bonds is 5. The lowest BCUT2D eigenvalue weighted by atomic mass is 9.98. The van der Waals surface area contributed by atoms with Crippen LogP contribution >= 0.6 is 0 Å². The van der Waals surface area contributed by atoms with E-state index in [1.54, 1.807) is 30.3 Å². The molecule has 0 bridgehead atoms. The van der Waals surface area contributed by atoms with Gasteiger partial charge in [-0.3, -0.25) is 0 Å². The molecule has 29 heavy (non-hydrogen) atoms. The lowest BCUT2D eigenvalue weighted by molar-refractivity contribution is 0.409. The number of anilines is 1. The molecule has 0 spiro atoms. The van der Waals surface area contributed by atoms with E-state index in [0.29, 0.717) is 29.8 Å². The quantitative estimate of drug-likeness (QED) is 0.694. The highest BCUT2D eigenvalue weighted by atomic mass is 32.2. The van der Waals surface area contributed by atoms with Crippen molar-refractivity contribution in [1.82, 2.24) is 14.7 Å². The molecule has 1 fully saturated rings. The Bertz CT molecular complexity index is 1120. The number of piperidine rings is 1. The van der Waals surface area contributed by atoms with Gasteiger partial charge in [0.15, 0.2) is 0 Å². The third kappa shape index (κ3) is 4.23. The van der Waals surface area contributed by atoms with E-state index < -0.39 is 10.0 Å². The maximum Gasteiger partial charge on any atom is 0.240 e. The zero-order valence-electron chi connectivity index (χ0n) is 16.2. The Morgan fingerprint density at radius 3 is 2.76 bits per heavy atom. The molecule has 0 radical (unpaired) electrons. The van der Waals surface area contributed by atoms with Crippen molar-refractivity contribution >= 4 is 26.7 Å². The van der Waals surface area contributed by atoms with Gasteiger partial charge in [0, 0.05) is 25.0 Å². The number of nitrogens with one attached hydrogen (secondary N) is 1. The molecule has 1 N–H and O–H groups in total. The second kappa shape index (κ2) is 8.04. The molecule has 0 amide bonds. The van der Waals surface area contributed by atoms with E-state index in [4.69, 9.17) is 0 Å². The molecule has 2 heterocycles. The highest BCUT2D eigenvalue weighted by Crippen LogP contribution is 2.28. The van der Waals surface area contributed by atoms with Crippen LogP contribution in [0.2, 0.25) is 0 Å². The Labute approximate surface area is 169 Å². The van der Waals surface area contributed by atoms with Gasteiger partial charge in [0.1, 0.15) is 23.5 Å². The van der Waals surface area contributed by atoms with E-state index in [2.05, 4.69) is 19.6 Å². The fourth-order valence-corrected chi connectivity index (χ4v) is 4.86. The Balaban J connectivity index is 1.48. The van der Waals surface area contributed by atoms with Crippen LogP contribution in [0.5, 0.6) is 0 Å². The van der Waals surface area contributed by atoms with E-state index in [9.17, 15) is 12.8 Å². The average Bonchev–Trinajstić information content (AvgIpc) is 2.73. The van der Waals surface area contributed by atoms with Gasteiger partial charge in [0.2, 0.25) is 10.0 Å². The van der Waals surface area contributed by atoms with Gasteiger partial charge in [0.25, 0.3) is 0 Å². The van der Waals surface area contributed by atoms with Gasteiger partial charge in [0.05, 0.1) is 4.90 Å². The van der Waals surface area contributed by atoms with E-state index in [-0.39, 0.29) is 16.6 Å². The van der Waals surface area contributed by atoms with Crippen molar-refractivity contribution in [3.8, 4) is 0 Å². The molecule has 4 rings (SSSR count). The molecule has 3 aromatic rings. The Morgan fingerprint density at radius 1 is 1.17 bits per heavy atom. The van der Waals surface area contributed by atoms with E-state index >= 15 is 0 Å². The number of aromatic nitrogens is 2. The van der Waals surface area contributed by atoms with Gasteiger partial charge in [-0.15, -0.1) is 0 Å². The Hall–Kier alpha value is -2.58. The van der Waals surface area contributed by atoms with Gasteiger partial charge in [-0.25, -0.2) is 27.5 Å². The summed E-state index contributed by atoms with van der Waals surface area (Å²) < 4.78 is 41.9. The van der Waals surface area contributed by atoms with E-state index in [0.717, 1.165) is 24.9 Å². The van der Waals surface area contributed by atoms with Crippen LogP contribution < -0.4 is 9.62 Å². The summed E-state index contributed by atoms with van der Waals surface area (Å²) in [6, 6.07) is 11.7. The first kappa shape index (κ1) is 19.7. The van der Waals surface area contributed by atoms with Crippen LogP contribution in [0.4, 0.5) is 10.2 Å². The van der Waals surface area contributed by atoms with Crippen LogP contribution in [-0.4, -0.2) is 38.0 Å². The molecule has 0 saturated carbocycles. The molecule has 1 saturated heterocycles. The summed E-state index contributed by atoms with van der Waals surface area (Å²) in [6.07, 6.45) is 3.21. The number of sulfonamides is 1. The van der Waals surface area contributed by atoms with Crippen molar-refractivity contribution in [1.29, 1.82) is 0 Å². The number of aryl methyl sites for hydroxylation is 1. The molecular weight excluding hydrogens is 391 g/mol. The number of halogens is 1. The van der Waals surface area contributed by atoms with Crippen LogP contribution in [0.15, 0.2) is 53.7 Å². The summed E-state index contributed by atoms with van der Waals surface area (Å²) in [7, 11) is -3.54. The van der Waals surface area contributed by atoms with Crippen molar-refractivity contribution < 1.29 is 12.8 Å². The largest absolute Gasteiger partial charge is 0.356 e. The highest BCUT2D eigenvalue weighted by Gasteiger charge is 2.24. The minimum Gasteiger partial charge on any atom is -0.356 e. The molecule has 6 nitrogen and oxygen atoms in total. The van der Waals surface area contributed by atoms with E-state index in [1.165, 1.54) is 12.4 Å². The number of benzene rings is 2. The molecule has 1 aliphatic rings. The second-order valence-electron chi connectivity index (χ2n) is 7.45. The third-order valence-corrected chi connectivity index (χ3v) is 6.75. The maximum atomic E-state index is 14.1. The first-order chi connectivity index (χ1) is 13.9. The molecule has 152 valence electrons. The van der Waals surface area contributed by atoms with Crippen molar-refractivity contribution in [2.24, 2.45) is 5.92 Å². The highest BCUT2D eigenvalue weighted by molar-refractivity contribution is 7.89. The average molecular weight is 415 g/mol. The molecule has 1 aliphatic heterocycles. The summed E-state index contributed by atoms with van der Waals surface area (Å²) in [5.74, 6) is 0.466. The van der Waals surface area contributed by atoms with Crippen LogP contribution in [0.25, 0.3) is 10.9 Å². The van der Waals surface area contributed by atoms with Crippen molar-refractivity contribution in [3.63, 3.8) is 0 Å². The minimum atomic E-state index is -3.54. The predicted molar refractivity (Wildman–Crippen MR) is 111 cm³/mol. The molecular formula is C21H23FN4O2S. The SMILES string of the molecule is Cc1ccc(S(=O)(=O)NCC2CCCN(c3ncnc4c(F)cccc34)C2)cc1. The molecule has 0 aliphatic carbocycles. The topological polar surface area (TPSA) is 75.2 Å². The second-order valence-corrected chi connectivity index (χ2v) is 9.22. The number of nitrogens with zero attached hydrogens (tertiary/aromatic N) is 3. The van der Waals surface area contributed by atoms with Gasteiger partial charge >= 0.3 is 0 Å². The molecule has 2 aromatic carbocycles. The van der Waals surface area contributed by atoms with Crippen LogP contribution in [-0.2, 0) is 10.0 Å². The van der Waals surface area contributed by atoms with Crippen molar-refractivity contribution in [2.75, 3.05) is 24.5 Å². The monoisotopic (exact) mass is 414 g/mol. The Kier molecular flexibility index (Phi) is 5.47. The molecule has 1 unspecified atom stereocenters. The summed E-state index contributed by atoms with van der Waals surface area (Å²) in [6.45, 7) is 3.72. The predicted octanol–water partition coefficient (Wildman–Crippen LogP) is 3.27. The number of para-hydroxylation sites is 1.